The minimum atomic E-state index is -0.132. The zero-order valence-corrected chi connectivity index (χ0v) is 17.2. The van der Waals surface area contributed by atoms with E-state index in [-0.39, 0.29) is 11.8 Å². The fourth-order valence-electron chi connectivity index (χ4n) is 3.26. The van der Waals surface area contributed by atoms with Crippen LogP contribution in [0.15, 0.2) is 48.5 Å². The van der Waals surface area contributed by atoms with Gasteiger partial charge in [-0.2, -0.15) is 0 Å². The van der Waals surface area contributed by atoms with Crippen LogP contribution < -0.4 is 9.47 Å². The minimum Gasteiger partial charge on any atom is -0.496 e. The van der Waals surface area contributed by atoms with Crippen LogP contribution in [0.4, 0.5) is 0 Å². The quantitative estimate of drug-likeness (QED) is 0.648. The molecule has 0 aliphatic carbocycles. The van der Waals surface area contributed by atoms with Gasteiger partial charge < -0.3 is 19.3 Å². The molecule has 7 heteroatoms. The van der Waals surface area contributed by atoms with Crippen LogP contribution in [0.3, 0.4) is 0 Å². The van der Waals surface area contributed by atoms with Crippen LogP contribution in [0.25, 0.3) is 0 Å². The van der Waals surface area contributed by atoms with Crippen LogP contribution in [0.2, 0.25) is 5.02 Å². The highest BCUT2D eigenvalue weighted by molar-refractivity contribution is 6.31. The van der Waals surface area contributed by atoms with E-state index in [9.17, 15) is 9.59 Å². The van der Waals surface area contributed by atoms with Crippen molar-refractivity contribution >= 4 is 23.4 Å². The molecule has 0 radical (unpaired) electrons. The van der Waals surface area contributed by atoms with Crippen LogP contribution in [-0.4, -0.2) is 61.5 Å². The number of benzene rings is 2. The molecule has 1 aliphatic rings. The van der Waals surface area contributed by atoms with E-state index in [0.717, 1.165) is 5.75 Å². The predicted octanol–water partition coefficient (Wildman–Crippen LogP) is 3.49. The molecule has 2 amide bonds. The molecular weight excluding hydrogens is 392 g/mol. The Bertz CT molecular complexity index is 836. The second kappa shape index (κ2) is 10.2. The minimum absolute atomic E-state index is 0.0918. The Balaban J connectivity index is 1.44. The number of hydrogen-bond donors (Lipinski definition) is 0. The summed E-state index contributed by atoms with van der Waals surface area (Å²) in [6.07, 6.45) is 1.09. The molecule has 0 spiro atoms. The number of halogens is 1. The maximum Gasteiger partial charge on any atom is 0.257 e. The highest BCUT2D eigenvalue weighted by atomic mass is 35.5. The smallest absolute Gasteiger partial charge is 0.257 e. The van der Waals surface area contributed by atoms with Gasteiger partial charge in [-0.3, -0.25) is 9.59 Å². The van der Waals surface area contributed by atoms with Crippen LogP contribution in [0, 0.1) is 0 Å². The molecule has 0 bridgehead atoms. The number of hydrogen-bond acceptors (Lipinski definition) is 4. The third-order valence-corrected chi connectivity index (χ3v) is 5.09. The Morgan fingerprint density at radius 2 is 1.69 bits per heavy atom. The molecule has 0 atom stereocenters. The van der Waals surface area contributed by atoms with E-state index in [1.807, 2.05) is 35.2 Å². The number of nitrogens with zero attached hydrogens (tertiary/aromatic N) is 2. The first kappa shape index (κ1) is 21.0. The average molecular weight is 417 g/mol. The van der Waals surface area contributed by atoms with Crippen molar-refractivity contribution in [1.29, 1.82) is 0 Å². The van der Waals surface area contributed by atoms with E-state index in [1.165, 1.54) is 7.11 Å². The standard InChI is InChI=1S/C22H25ClN2O4/c1-28-20-10-9-17(23)16-19(20)22(27)25-13-11-24(12-14-25)21(26)8-5-15-29-18-6-3-2-4-7-18/h2-4,6-7,9-10,16H,5,8,11-15H2,1H3. The maximum atomic E-state index is 12.8. The first-order chi connectivity index (χ1) is 14.1. The Kier molecular flexibility index (Phi) is 7.36. The fraction of sp³-hybridized carbons (Fsp3) is 0.364. The van der Waals surface area contributed by atoms with E-state index < -0.39 is 0 Å². The Hall–Kier alpha value is -2.73. The third kappa shape index (κ3) is 5.64. The zero-order chi connectivity index (χ0) is 20.6. The summed E-state index contributed by atoms with van der Waals surface area (Å²) in [5, 5.41) is 0.487. The SMILES string of the molecule is COc1ccc(Cl)cc1C(=O)N1CCN(C(=O)CCCOc2ccccc2)CC1. The normalized spacial score (nSPS) is 13.9. The van der Waals surface area contributed by atoms with Crippen LogP contribution in [0.1, 0.15) is 23.2 Å². The van der Waals surface area contributed by atoms with Crippen molar-refractivity contribution in [3.63, 3.8) is 0 Å². The number of amides is 2. The number of rotatable bonds is 7. The zero-order valence-electron chi connectivity index (χ0n) is 16.5. The summed E-state index contributed by atoms with van der Waals surface area (Å²) in [6.45, 7) is 2.52. The van der Waals surface area contributed by atoms with Crippen LogP contribution >= 0.6 is 11.6 Å². The molecule has 2 aromatic rings. The number of methoxy groups -OCH3 is 1. The second-order valence-corrected chi connectivity index (χ2v) is 7.22. The van der Waals surface area contributed by atoms with Crippen molar-refractivity contribution in [3.05, 3.63) is 59.1 Å². The van der Waals surface area contributed by atoms with Gasteiger partial charge in [-0.1, -0.05) is 29.8 Å². The lowest BCUT2D eigenvalue weighted by Crippen LogP contribution is -2.50. The Labute approximate surface area is 176 Å². The number of piperazine rings is 1. The summed E-state index contributed by atoms with van der Waals surface area (Å²) in [5.41, 5.74) is 0.442. The molecule has 0 unspecified atom stereocenters. The van der Waals surface area contributed by atoms with Gasteiger partial charge in [-0.25, -0.2) is 0 Å². The van der Waals surface area contributed by atoms with Gasteiger partial charge in [0.15, 0.2) is 0 Å². The molecule has 0 N–H and O–H groups in total. The van der Waals surface area contributed by atoms with Crippen LogP contribution in [0.5, 0.6) is 11.5 Å². The van der Waals surface area contributed by atoms with E-state index >= 15 is 0 Å². The maximum absolute atomic E-state index is 12.8. The first-order valence-electron chi connectivity index (χ1n) is 9.67. The molecule has 154 valence electrons. The molecule has 1 saturated heterocycles. The third-order valence-electron chi connectivity index (χ3n) is 4.86. The van der Waals surface area contributed by atoms with Crippen molar-refractivity contribution in [3.8, 4) is 11.5 Å². The molecular formula is C22H25ClN2O4. The van der Waals surface area contributed by atoms with Gasteiger partial charge >= 0.3 is 0 Å². The Morgan fingerprint density at radius 3 is 2.38 bits per heavy atom. The average Bonchev–Trinajstić information content (AvgIpc) is 2.77. The summed E-state index contributed by atoms with van der Waals surface area (Å²) < 4.78 is 10.9. The van der Waals surface area contributed by atoms with E-state index in [0.29, 0.717) is 62.0 Å². The summed E-state index contributed by atoms with van der Waals surface area (Å²) in [7, 11) is 1.53. The van der Waals surface area contributed by atoms with E-state index in [2.05, 4.69) is 0 Å². The molecule has 2 aromatic carbocycles. The molecule has 0 saturated carbocycles. The number of ether oxygens (including phenoxy) is 2. The molecule has 6 nitrogen and oxygen atoms in total. The number of carbonyl (C=O) groups excluding carboxylic acids is 2. The summed E-state index contributed by atoms with van der Waals surface area (Å²) in [6, 6.07) is 14.6. The van der Waals surface area contributed by atoms with Crippen LogP contribution in [-0.2, 0) is 4.79 Å². The van der Waals surface area contributed by atoms with Gasteiger partial charge in [-0.05, 0) is 36.8 Å². The topological polar surface area (TPSA) is 59.1 Å². The lowest BCUT2D eigenvalue weighted by Gasteiger charge is -2.35. The number of carbonyl (C=O) groups is 2. The van der Waals surface area contributed by atoms with E-state index in [4.69, 9.17) is 21.1 Å². The van der Waals surface area contributed by atoms with Crippen molar-refractivity contribution in [1.82, 2.24) is 9.80 Å². The monoisotopic (exact) mass is 416 g/mol. The lowest BCUT2D eigenvalue weighted by atomic mass is 10.1. The van der Waals surface area contributed by atoms with Gasteiger partial charge in [-0.15, -0.1) is 0 Å². The summed E-state index contributed by atoms with van der Waals surface area (Å²) in [5.74, 6) is 1.27. The fourth-order valence-corrected chi connectivity index (χ4v) is 3.44. The molecule has 1 fully saturated rings. The van der Waals surface area contributed by atoms with Crippen molar-refractivity contribution in [2.75, 3.05) is 39.9 Å². The van der Waals surface area contributed by atoms with Crippen molar-refractivity contribution < 1.29 is 19.1 Å². The molecule has 1 aliphatic heterocycles. The van der Waals surface area contributed by atoms with Gasteiger partial charge in [0.05, 0.1) is 19.3 Å². The van der Waals surface area contributed by atoms with E-state index in [1.54, 1.807) is 23.1 Å². The highest BCUT2D eigenvalue weighted by Crippen LogP contribution is 2.24. The first-order valence-corrected chi connectivity index (χ1v) is 10.0. The molecule has 1 heterocycles. The van der Waals surface area contributed by atoms with Gasteiger partial charge in [0.25, 0.3) is 5.91 Å². The second-order valence-electron chi connectivity index (χ2n) is 6.78. The molecule has 0 aromatic heterocycles. The molecule has 3 rings (SSSR count). The van der Waals surface area contributed by atoms with Crippen molar-refractivity contribution in [2.45, 2.75) is 12.8 Å². The largest absolute Gasteiger partial charge is 0.496 e. The predicted molar refractivity (Wildman–Crippen MR) is 112 cm³/mol. The van der Waals surface area contributed by atoms with Crippen molar-refractivity contribution in [2.24, 2.45) is 0 Å². The highest BCUT2D eigenvalue weighted by Gasteiger charge is 2.26. The summed E-state index contributed by atoms with van der Waals surface area (Å²) in [4.78, 5) is 28.8. The summed E-state index contributed by atoms with van der Waals surface area (Å²) >= 11 is 6.03. The lowest BCUT2D eigenvalue weighted by molar-refractivity contribution is -0.132. The number of para-hydroxylation sites is 1. The van der Waals surface area contributed by atoms with Gasteiger partial charge in [0.2, 0.25) is 5.91 Å². The Morgan fingerprint density at radius 1 is 1.00 bits per heavy atom. The van der Waals surface area contributed by atoms with Gasteiger partial charge in [0.1, 0.15) is 11.5 Å². The molecule has 29 heavy (non-hydrogen) atoms. The van der Waals surface area contributed by atoms with Gasteiger partial charge in [0, 0.05) is 37.6 Å².